The number of nitrogens with zero attached hydrogens (tertiary/aromatic N) is 3. The second kappa shape index (κ2) is 8.12. The van der Waals surface area contributed by atoms with Gasteiger partial charge in [0.1, 0.15) is 0 Å². The summed E-state index contributed by atoms with van der Waals surface area (Å²) in [5.74, 6) is 0.0500. The molecule has 1 unspecified atom stereocenters. The zero-order valence-corrected chi connectivity index (χ0v) is 15.9. The summed E-state index contributed by atoms with van der Waals surface area (Å²) in [5.41, 5.74) is 3.01. The topological polar surface area (TPSA) is 59.4 Å². The van der Waals surface area contributed by atoms with Crippen molar-refractivity contribution in [1.82, 2.24) is 20.0 Å². The molecule has 1 atom stereocenters. The van der Waals surface area contributed by atoms with Gasteiger partial charge in [-0.25, -0.2) is 0 Å². The molecule has 0 spiro atoms. The smallest absolute Gasteiger partial charge is 0.224 e. The second-order valence-corrected chi connectivity index (χ2v) is 7.41. The molecule has 1 aliphatic heterocycles. The predicted octanol–water partition coefficient (Wildman–Crippen LogP) is 1.83. The van der Waals surface area contributed by atoms with E-state index in [2.05, 4.69) is 32.8 Å². The molecule has 136 valence electrons. The highest BCUT2D eigenvalue weighted by atomic mass is 32.1. The van der Waals surface area contributed by atoms with Crippen LogP contribution in [-0.2, 0) is 23.0 Å². The fraction of sp³-hybridized carbons (Fsp3) is 0.556. The Morgan fingerprint density at radius 1 is 1.40 bits per heavy atom. The van der Waals surface area contributed by atoms with Gasteiger partial charge in [0, 0.05) is 42.8 Å². The lowest BCUT2D eigenvalue weighted by molar-refractivity contribution is -0.120. The molecule has 1 N–H and O–H groups in total. The molecule has 0 bridgehead atoms. The van der Waals surface area contributed by atoms with Crippen molar-refractivity contribution in [3.63, 3.8) is 0 Å². The lowest BCUT2D eigenvalue weighted by Crippen LogP contribution is -2.43. The van der Waals surface area contributed by atoms with Crippen LogP contribution < -0.4 is 5.32 Å². The lowest BCUT2D eigenvalue weighted by Gasteiger charge is -2.34. The zero-order valence-electron chi connectivity index (χ0n) is 15.1. The molecule has 0 saturated carbocycles. The van der Waals surface area contributed by atoms with Crippen molar-refractivity contribution in [2.75, 3.05) is 32.8 Å². The number of amides is 1. The fourth-order valence-corrected chi connectivity index (χ4v) is 4.15. The zero-order chi connectivity index (χ0) is 17.8. The molecule has 2 aromatic heterocycles. The van der Waals surface area contributed by atoms with Crippen LogP contribution in [0.15, 0.2) is 17.5 Å². The normalized spacial score (nSPS) is 16.8. The molecule has 7 heteroatoms. The number of aryl methyl sites for hydroxylation is 2. The van der Waals surface area contributed by atoms with Crippen LogP contribution in [-0.4, -0.2) is 53.4 Å². The highest BCUT2D eigenvalue weighted by Gasteiger charge is 2.24. The molecule has 0 radical (unpaired) electrons. The van der Waals surface area contributed by atoms with Gasteiger partial charge < -0.3 is 10.1 Å². The third-order valence-electron chi connectivity index (χ3n) is 4.85. The van der Waals surface area contributed by atoms with Crippen LogP contribution in [0.1, 0.15) is 27.9 Å². The van der Waals surface area contributed by atoms with Crippen molar-refractivity contribution in [3.05, 3.63) is 39.3 Å². The van der Waals surface area contributed by atoms with E-state index in [0.29, 0.717) is 13.0 Å². The monoisotopic (exact) mass is 362 g/mol. The number of hydrogen-bond donors (Lipinski definition) is 1. The Bertz CT molecular complexity index is 705. The number of aromatic nitrogens is 2. The first kappa shape index (κ1) is 18.1. The first-order valence-electron chi connectivity index (χ1n) is 8.67. The third-order valence-corrected chi connectivity index (χ3v) is 5.82. The van der Waals surface area contributed by atoms with Crippen LogP contribution in [0.5, 0.6) is 0 Å². The van der Waals surface area contributed by atoms with E-state index in [9.17, 15) is 4.79 Å². The van der Waals surface area contributed by atoms with E-state index < -0.39 is 0 Å². The largest absolute Gasteiger partial charge is 0.379 e. The summed E-state index contributed by atoms with van der Waals surface area (Å²) in [4.78, 5) is 16.2. The Labute approximate surface area is 152 Å². The van der Waals surface area contributed by atoms with Crippen LogP contribution in [0.25, 0.3) is 0 Å². The Kier molecular flexibility index (Phi) is 5.88. The summed E-state index contributed by atoms with van der Waals surface area (Å²) in [6.45, 7) is 7.90. The number of carbonyl (C=O) groups excluding carboxylic acids is 1. The van der Waals surface area contributed by atoms with Gasteiger partial charge in [0.15, 0.2) is 0 Å². The summed E-state index contributed by atoms with van der Waals surface area (Å²) in [7, 11) is 1.91. The Morgan fingerprint density at radius 2 is 2.16 bits per heavy atom. The molecule has 1 saturated heterocycles. The van der Waals surface area contributed by atoms with Crippen molar-refractivity contribution < 1.29 is 9.53 Å². The molecule has 1 aliphatic rings. The molecule has 25 heavy (non-hydrogen) atoms. The molecular formula is C18H26N4O2S. The van der Waals surface area contributed by atoms with E-state index in [1.54, 1.807) is 11.3 Å². The van der Waals surface area contributed by atoms with Gasteiger partial charge in [-0.2, -0.15) is 5.10 Å². The van der Waals surface area contributed by atoms with Crippen molar-refractivity contribution >= 4 is 17.2 Å². The van der Waals surface area contributed by atoms with Gasteiger partial charge in [-0.15, -0.1) is 11.3 Å². The highest BCUT2D eigenvalue weighted by Crippen LogP contribution is 2.25. The minimum absolute atomic E-state index is 0.0500. The lowest BCUT2D eigenvalue weighted by atomic mass is 10.1. The summed E-state index contributed by atoms with van der Waals surface area (Å²) in [5, 5.41) is 9.61. The van der Waals surface area contributed by atoms with Gasteiger partial charge in [0.2, 0.25) is 5.91 Å². The van der Waals surface area contributed by atoms with Gasteiger partial charge in [-0.1, -0.05) is 6.07 Å². The van der Waals surface area contributed by atoms with Crippen molar-refractivity contribution in [2.45, 2.75) is 26.3 Å². The number of ether oxygens (including phenoxy) is 1. The molecule has 2 aromatic rings. The second-order valence-electron chi connectivity index (χ2n) is 6.43. The van der Waals surface area contributed by atoms with E-state index in [-0.39, 0.29) is 11.9 Å². The maximum atomic E-state index is 12.5. The average molecular weight is 362 g/mol. The Balaban J connectivity index is 1.63. The molecule has 1 fully saturated rings. The Morgan fingerprint density at radius 3 is 2.76 bits per heavy atom. The molecule has 3 rings (SSSR count). The quantitative estimate of drug-likeness (QED) is 0.852. The van der Waals surface area contributed by atoms with E-state index >= 15 is 0 Å². The van der Waals surface area contributed by atoms with Crippen LogP contribution in [0.3, 0.4) is 0 Å². The first-order valence-corrected chi connectivity index (χ1v) is 9.55. The number of morpholine rings is 1. The molecule has 3 heterocycles. The van der Waals surface area contributed by atoms with Gasteiger partial charge >= 0.3 is 0 Å². The summed E-state index contributed by atoms with van der Waals surface area (Å²) in [6, 6.07) is 4.42. The van der Waals surface area contributed by atoms with Gasteiger partial charge in [-0.05, 0) is 25.3 Å². The summed E-state index contributed by atoms with van der Waals surface area (Å²) in [6.07, 6.45) is 0.381. The van der Waals surface area contributed by atoms with E-state index in [4.69, 9.17) is 4.74 Å². The van der Waals surface area contributed by atoms with Crippen molar-refractivity contribution in [2.24, 2.45) is 7.05 Å². The maximum Gasteiger partial charge on any atom is 0.224 e. The molecular weight excluding hydrogens is 336 g/mol. The van der Waals surface area contributed by atoms with Gasteiger partial charge in [0.25, 0.3) is 0 Å². The molecule has 1 amide bonds. The fourth-order valence-electron chi connectivity index (χ4n) is 3.29. The van der Waals surface area contributed by atoms with E-state index in [0.717, 1.165) is 43.3 Å². The van der Waals surface area contributed by atoms with Crippen LogP contribution in [0, 0.1) is 13.8 Å². The van der Waals surface area contributed by atoms with E-state index in [1.807, 2.05) is 25.6 Å². The average Bonchev–Trinajstić information content (AvgIpc) is 3.21. The van der Waals surface area contributed by atoms with E-state index in [1.165, 1.54) is 4.88 Å². The van der Waals surface area contributed by atoms with Crippen molar-refractivity contribution in [1.29, 1.82) is 0 Å². The molecule has 0 aromatic carbocycles. The minimum Gasteiger partial charge on any atom is -0.379 e. The molecule has 0 aliphatic carbocycles. The summed E-state index contributed by atoms with van der Waals surface area (Å²) >= 11 is 1.74. The number of hydrogen-bond acceptors (Lipinski definition) is 5. The number of carbonyl (C=O) groups is 1. The van der Waals surface area contributed by atoms with Gasteiger partial charge in [0.05, 0.1) is 31.4 Å². The SMILES string of the molecule is Cc1nn(C)c(C)c1CC(=O)NCC(c1cccs1)N1CCOCC1. The van der Waals surface area contributed by atoms with Crippen LogP contribution >= 0.6 is 11.3 Å². The number of rotatable bonds is 6. The first-order chi connectivity index (χ1) is 12.1. The number of thiophene rings is 1. The van der Waals surface area contributed by atoms with Crippen LogP contribution in [0.2, 0.25) is 0 Å². The third kappa shape index (κ3) is 4.29. The maximum absolute atomic E-state index is 12.5. The van der Waals surface area contributed by atoms with Crippen molar-refractivity contribution in [3.8, 4) is 0 Å². The highest BCUT2D eigenvalue weighted by molar-refractivity contribution is 7.10. The van der Waals surface area contributed by atoms with Crippen LogP contribution in [0.4, 0.5) is 0 Å². The minimum atomic E-state index is 0.0500. The Hall–Kier alpha value is -1.70. The van der Waals surface area contributed by atoms with Gasteiger partial charge in [-0.3, -0.25) is 14.4 Å². The molecule has 6 nitrogen and oxygen atoms in total. The standard InChI is InChI=1S/C18H26N4O2S/c1-13-15(14(2)21(3)20-13)11-18(23)19-12-16(17-5-4-10-25-17)22-6-8-24-9-7-22/h4-5,10,16H,6-9,11-12H2,1-3H3,(H,19,23). The number of nitrogens with one attached hydrogen (secondary N) is 1. The predicted molar refractivity (Wildman–Crippen MR) is 98.8 cm³/mol. The summed E-state index contributed by atoms with van der Waals surface area (Å²) < 4.78 is 7.30.